The van der Waals surface area contributed by atoms with Crippen molar-refractivity contribution >= 4 is 23.5 Å². The summed E-state index contributed by atoms with van der Waals surface area (Å²) >= 11 is 5.85. The topological polar surface area (TPSA) is 84.9 Å². The van der Waals surface area contributed by atoms with Crippen LogP contribution in [0.4, 0.5) is 4.39 Å². The monoisotopic (exact) mass is 345 g/mol. The lowest BCUT2D eigenvalue weighted by Gasteiger charge is -2.28. The van der Waals surface area contributed by atoms with E-state index < -0.39 is 29.3 Å². The van der Waals surface area contributed by atoms with Crippen LogP contribution in [-0.2, 0) is 14.3 Å². The third-order valence-electron chi connectivity index (χ3n) is 3.55. The molecule has 6 nitrogen and oxygen atoms in total. The molecular formula is C15H17ClFNO5. The van der Waals surface area contributed by atoms with Crippen molar-refractivity contribution < 1.29 is 28.6 Å². The lowest BCUT2D eigenvalue weighted by Crippen LogP contribution is -2.53. The van der Waals surface area contributed by atoms with Crippen LogP contribution in [0.1, 0.15) is 19.8 Å². The average molecular weight is 346 g/mol. The molecule has 1 heterocycles. The van der Waals surface area contributed by atoms with Gasteiger partial charge < -0.3 is 19.9 Å². The van der Waals surface area contributed by atoms with E-state index >= 15 is 0 Å². The van der Waals surface area contributed by atoms with Gasteiger partial charge in [0.05, 0.1) is 23.6 Å². The first-order chi connectivity index (χ1) is 10.8. The van der Waals surface area contributed by atoms with Gasteiger partial charge in [-0.2, -0.15) is 0 Å². The number of hydrogen-bond acceptors (Lipinski definition) is 4. The van der Waals surface area contributed by atoms with Crippen LogP contribution in [-0.4, -0.2) is 41.8 Å². The molecule has 1 saturated heterocycles. The van der Waals surface area contributed by atoms with Crippen molar-refractivity contribution in [1.82, 2.24) is 5.32 Å². The van der Waals surface area contributed by atoms with Gasteiger partial charge in [-0.25, -0.2) is 4.39 Å². The standard InChI is InChI=1S/C15H17ClFNO5/c1-9(23-12-3-2-10(17)6-11(12)16)14(21)18-15(7-13(19)20)4-5-22-8-15/h2-3,6,9H,4-5,7-8H2,1H3,(H,18,21)(H,19,20). The predicted octanol–water partition coefficient (Wildman–Crippen LogP) is 2.00. The van der Waals surface area contributed by atoms with E-state index in [4.69, 9.17) is 26.2 Å². The Bertz CT molecular complexity index is 604. The van der Waals surface area contributed by atoms with Gasteiger partial charge in [0, 0.05) is 6.61 Å². The maximum absolute atomic E-state index is 13.0. The maximum atomic E-state index is 13.0. The third-order valence-corrected chi connectivity index (χ3v) is 3.84. The second-order valence-electron chi connectivity index (χ2n) is 5.48. The van der Waals surface area contributed by atoms with E-state index in [1.165, 1.54) is 19.1 Å². The Morgan fingerprint density at radius 3 is 2.87 bits per heavy atom. The van der Waals surface area contributed by atoms with Gasteiger partial charge in [0.15, 0.2) is 6.10 Å². The Balaban J connectivity index is 2.02. The SMILES string of the molecule is CC(Oc1ccc(F)cc1Cl)C(=O)NC1(CC(=O)O)CCOC1. The number of ether oxygens (including phenoxy) is 2. The number of rotatable bonds is 6. The molecule has 1 aliphatic heterocycles. The summed E-state index contributed by atoms with van der Waals surface area (Å²) in [4.78, 5) is 23.3. The van der Waals surface area contributed by atoms with Crippen molar-refractivity contribution in [2.75, 3.05) is 13.2 Å². The lowest BCUT2D eigenvalue weighted by atomic mass is 9.94. The Labute approximate surface area is 137 Å². The number of amides is 1. The van der Waals surface area contributed by atoms with Crippen molar-refractivity contribution in [3.8, 4) is 5.75 Å². The molecule has 2 unspecified atom stereocenters. The molecule has 126 valence electrons. The molecular weight excluding hydrogens is 329 g/mol. The van der Waals surface area contributed by atoms with Gasteiger partial charge in [-0.3, -0.25) is 9.59 Å². The molecule has 0 saturated carbocycles. The van der Waals surface area contributed by atoms with Gasteiger partial charge in [-0.05, 0) is 31.5 Å². The summed E-state index contributed by atoms with van der Waals surface area (Å²) in [7, 11) is 0. The number of carboxylic acids is 1. The number of carbonyl (C=O) groups excluding carboxylic acids is 1. The van der Waals surface area contributed by atoms with Crippen molar-refractivity contribution in [1.29, 1.82) is 0 Å². The Morgan fingerprint density at radius 1 is 1.57 bits per heavy atom. The highest BCUT2D eigenvalue weighted by molar-refractivity contribution is 6.32. The molecule has 1 aromatic carbocycles. The Morgan fingerprint density at radius 2 is 2.30 bits per heavy atom. The molecule has 8 heteroatoms. The zero-order chi connectivity index (χ0) is 17.0. The third kappa shape index (κ3) is 4.56. The number of hydrogen-bond donors (Lipinski definition) is 2. The molecule has 2 atom stereocenters. The van der Waals surface area contributed by atoms with Gasteiger partial charge in [0.2, 0.25) is 0 Å². The molecule has 2 rings (SSSR count). The summed E-state index contributed by atoms with van der Waals surface area (Å²) in [6.07, 6.45) is -0.748. The lowest BCUT2D eigenvalue weighted by molar-refractivity contribution is -0.139. The van der Waals surface area contributed by atoms with Crippen LogP contribution < -0.4 is 10.1 Å². The highest BCUT2D eigenvalue weighted by atomic mass is 35.5. The molecule has 0 spiro atoms. The van der Waals surface area contributed by atoms with Gasteiger partial charge in [-0.15, -0.1) is 0 Å². The fourth-order valence-corrected chi connectivity index (χ4v) is 2.57. The van der Waals surface area contributed by atoms with E-state index in [9.17, 15) is 14.0 Å². The number of carboxylic acid groups (broad SMARTS) is 1. The zero-order valence-corrected chi connectivity index (χ0v) is 13.2. The van der Waals surface area contributed by atoms with Crippen molar-refractivity contribution in [3.63, 3.8) is 0 Å². The molecule has 0 radical (unpaired) electrons. The highest BCUT2D eigenvalue weighted by Crippen LogP contribution is 2.27. The van der Waals surface area contributed by atoms with E-state index in [2.05, 4.69) is 5.32 Å². The molecule has 1 fully saturated rings. The normalized spacial score (nSPS) is 21.7. The quantitative estimate of drug-likeness (QED) is 0.823. The smallest absolute Gasteiger partial charge is 0.305 e. The second kappa shape index (κ2) is 7.14. The van der Waals surface area contributed by atoms with Crippen molar-refractivity contribution in [2.24, 2.45) is 0 Å². The highest BCUT2D eigenvalue weighted by Gasteiger charge is 2.39. The van der Waals surface area contributed by atoms with Gasteiger partial charge in [0.25, 0.3) is 5.91 Å². The van der Waals surface area contributed by atoms with Gasteiger partial charge >= 0.3 is 5.97 Å². The molecule has 23 heavy (non-hydrogen) atoms. The van der Waals surface area contributed by atoms with Gasteiger partial charge in [-0.1, -0.05) is 11.6 Å². The van der Waals surface area contributed by atoms with E-state index in [0.29, 0.717) is 13.0 Å². The van der Waals surface area contributed by atoms with E-state index in [1.54, 1.807) is 0 Å². The number of benzene rings is 1. The Kier molecular flexibility index (Phi) is 5.43. The van der Waals surface area contributed by atoms with Crippen LogP contribution in [0.25, 0.3) is 0 Å². The van der Waals surface area contributed by atoms with Crippen molar-refractivity contribution in [3.05, 3.63) is 29.0 Å². The number of aliphatic carboxylic acids is 1. The number of halogens is 2. The predicted molar refractivity (Wildman–Crippen MR) is 80.1 cm³/mol. The van der Waals surface area contributed by atoms with Crippen LogP contribution in [0.2, 0.25) is 5.02 Å². The van der Waals surface area contributed by atoms with E-state index in [-0.39, 0.29) is 23.8 Å². The average Bonchev–Trinajstić information content (AvgIpc) is 2.89. The summed E-state index contributed by atoms with van der Waals surface area (Å²) in [5, 5.41) is 11.7. The summed E-state index contributed by atoms with van der Waals surface area (Å²) < 4.78 is 23.6. The first kappa shape index (κ1) is 17.5. The molecule has 0 aliphatic carbocycles. The minimum atomic E-state index is -1.02. The van der Waals surface area contributed by atoms with Crippen LogP contribution in [0.15, 0.2) is 18.2 Å². The van der Waals surface area contributed by atoms with E-state index in [1.807, 2.05) is 0 Å². The largest absolute Gasteiger partial charge is 0.481 e. The molecule has 1 aromatic rings. The van der Waals surface area contributed by atoms with Crippen LogP contribution >= 0.6 is 11.6 Å². The minimum Gasteiger partial charge on any atom is -0.481 e. The maximum Gasteiger partial charge on any atom is 0.305 e. The van der Waals surface area contributed by atoms with Crippen molar-refractivity contribution in [2.45, 2.75) is 31.4 Å². The van der Waals surface area contributed by atoms with E-state index in [0.717, 1.165) is 6.07 Å². The molecule has 0 aromatic heterocycles. The minimum absolute atomic E-state index is 0.0501. The molecule has 0 bridgehead atoms. The molecule has 2 N–H and O–H groups in total. The van der Waals surface area contributed by atoms with Crippen LogP contribution in [0.3, 0.4) is 0 Å². The second-order valence-corrected chi connectivity index (χ2v) is 5.88. The summed E-state index contributed by atoms with van der Waals surface area (Å²) in [5.74, 6) is -1.85. The molecule has 1 amide bonds. The molecule has 1 aliphatic rings. The van der Waals surface area contributed by atoms with Crippen LogP contribution in [0, 0.1) is 5.82 Å². The summed E-state index contributed by atoms with van der Waals surface area (Å²) in [6, 6.07) is 3.58. The zero-order valence-electron chi connectivity index (χ0n) is 12.5. The Hall–Kier alpha value is -1.86. The first-order valence-electron chi connectivity index (χ1n) is 7.05. The number of carbonyl (C=O) groups is 2. The number of nitrogens with one attached hydrogen (secondary N) is 1. The first-order valence-corrected chi connectivity index (χ1v) is 7.42. The summed E-state index contributed by atoms with van der Waals surface area (Å²) in [5.41, 5.74) is -0.937. The van der Waals surface area contributed by atoms with Crippen LogP contribution in [0.5, 0.6) is 5.75 Å². The van der Waals surface area contributed by atoms with Gasteiger partial charge in [0.1, 0.15) is 11.6 Å². The fourth-order valence-electron chi connectivity index (χ4n) is 2.36. The summed E-state index contributed by atoms with van der Waals surface area (Å²) in [6.45, 7) is 2.01. The fraction of sp³-hybridized carbons (Fsp3) is 0.467.